The van der Waals surface area contributed by atoms with Crippen LogP contribution in [-0.4, -0.2) is 46.2 Å². The summed E-state index contributed by atoms with van der Waals surface area (Å²) in [5, 5.41) is 18.4. The lowest BCUT2D eigenvalue weighted by atomic mass is 9.82. The van der Waals surface area contributed by atoms with Crippen molar-refractivity contribution in [3.05, 3.63) is 12.2 Å². The second kappa shape index (κ2) is 5.95. The first-order valence-electron chi connectivity index (χ1n) is 7.29. The molecular weight excluding hydrogens is 258 g/mol. The van der Waals surface area contributed by atoms with Gasteiger partial charge in [-0.25, -0.2) is 0 Å². The molecule has 0 aliphatic heterocycles. The van der Waals surface area contributed by atoms with Crippen molar-refractivity contribution in [3.8, 4) is 0 Å². The van der Waals surface area contributed by atoms with Crippen LogP contribution < -0.4 is 0 Å². The van der Waals surface area contributed by atoms with Gasteiger partial charge in [0, 0.05) is 19.2 Å². The summed E-state index contributed by atoms with van der Waals surface area (Å²) >= 11 is 0. The number of carboxylic acid groups (broad SMARTS) is 1. The van der Waals surface area contributed by atoms with Crippen LogP contribution in [0.15, 0.2) is 12.2 Å². The van der Waals surface area contributed by atoms with Gasteiger partial charge in [0.15, 0.2) is 0 Å². The molecule has 1 saturated carbocycles. The average Bonchev–Trinajstić information content (AvgIpc) is 2.98. The van der Waals surface area contributed by atoms with Gasteiger partial charge in [-0.15, -0.1) is 0 Å². The fourth-order valence-corrected chi connectivity index (χ4v) is 3.55. The zero-order chi connectivity index (χ0) is 14.9. The number of fused-ring (bicyclic) bond motifs is 2. The maximum Gasteiger partial charge on any atom is 0.307 e. The first kappa shape index (κ1) is 15.0. The molecule has 112 valence electrons. The Balaban J connectivity index is 2.17. The number of aliphatic hydroxyl groups is 1. The molecule has 20 heavy (non-hydrogen) atoms. The molecule has 2 aliphatic carbocycles. The lowest BCUT2D eigenvalue weighted by Gasteiger charge is -2.33. The number of hydrogen-bond donors (Lipinski definition) is 2. The van der Waals surface area contributed by atoms with E-state index >= 15 is 0 Å². The van der Waals surface area contributed by atoms with Crippen molar-refractivity contribution >= 4 is 11.9 Å². The molecule has 1 amide bonds. The van der Waals surface area contributed by atoms with Crippen molar-refractivity contribution in [1.82, 2.24) is 4.90 Å². The molecule has 2 aliphatic rings. The third kappa shape index (κ3) is 2.59. The topological polar surface area (TPSA) is 77.8 Å². The maximum atomic E-state index is 12.7. The van der Waals surface area contributed by atoms with Gasteiger partial charge in [0.2, 0.25) is 5.91 Å². The predicted octanol–water partition coefficient (Wildman–Crippen LogP) is 1.13. The zero-order valence-corrected chi connectivity index (χ0v) is 12.0. The molecule has 0 aromatic rings. The molecule has 0 spiro atoms. The molecule has 2 bridgehead atoms. The molecule has 5 heteroatoms. The highest BCUT2D eigenvalue weighted by Crippen LogP contribution is 2.48. The van der Waals surface area contributed by atoms with Crippen molar-refractivity contribution in [1.29, 1.82) is 0 Å². The van der Waals surface area contributed by atoms with Gasteiger partial charge >= 0.3 is 5.97 Å². The van der Waals surface area contributed by atoms with E-state index in [1.54, 1.807) is 4.90 Å². The summed E-state index contributed by atoms with van der Waals surface area (Å²) in [4.78, 5) is 25.9. The van der Waals surface area contributed by atoms with Gasteiger partial charge in [-0.2, -0.15) is 0 Å². The van der Waals surface area contributed by atoms with E-state index in [1.165, 1.54) is 0 Å². The largest absolute Gasteiger partial charge is 0.481 e. The Morgan fingerprint density at radius 3 is 2.35 bits per heavy atom. The zero-order valence-electron chi connectivity index (χ0n) is 12.0. The third-order valence-electron chi connectivity index (χ3n) is 4.49. The number of hydrogen-bond acceptors (Lipinski definition) is 3. The molecule has 2 N–H and O–H groups in total. The monoisotopic (exact) mass is 281 g/mol. The Labute approximate surface area is 119 Å². The van der Waals surface area contributed by atoms with Gasteiger partial charge in [-0.05, 0) is 38.5 Å². The number of carbonyl (C=O) groups excluding carboxylic acids is 1. The SMILES string of the molecule is CC(C)N(CCCO)C(=O)[C@H]1C2C=CC(C2)[C@H]1C(=O)O. The van der Waals surface area contributed by atoms with Gasteiger partial charge < -0.3 is 15.1 Å². The quantitative estimate of drug-likeness (QED) is 0.715. The molecule has 5 nitrogen and oxygen atoms in total. The van der Waals surface area contributed by atoms with Gasteiger partial charge in [0.25, 0.3) is 0 Å². The standard InChI is InChI=1S/C15H23NO4/c1-9(2)16(6-3-7-17)14(18)12-10-4-5-11(8-10)13(12)15(19)20/h4-5,9-13,17H,3,6-8H2,1-2H3,(H,19,20)/t10?,11?,12-,13+/m0/s1. The Morgan fingerprint density at radius 1 is 1.25 bits per heavy atom. The first-order valence-corrected chi connectivity index (χ1v) is 7.29. The van der Waals surface area contributed by atoms with Crippen LogP contribution in [0.25, 0.3) is 0 Å². The highest BCUT2D eigenvalue weighted by molar-refractivity contribution is 5.87. The van der Waals surface area contributed by atoms with Crippen LogP contribution >= 0.6 is 0 Å². The Morgan fingerprint density at radius 2 is 1.85 bits per heavy atom. The van der Waals surface area contributed by atoms with E-state index in [1.807, 2.05) is 26.0 Å². The molecule has 1 fully saturated rings. The lowest BCUT2D eigenvalue weighted by molar-refractivity contribution is -0.151. The maximum absolute atomic E-state index is 12.7. The van der Waals surface area contributed by atoms with Gasteiger partial charge in [-0.3, -0.25) is 9.59 Å². The van der Waals surface area contributed by atoms with Crippen LogP contribution in [0.5, 0.6) is 0 Å². The molecular formula is C15H23NO4. The normalized spacial score (nSPS) is 31.0. The number of aliphatic hydroxyl groups excluding tert-OH is 1. The number of carboxylic acids is 1. The van der Waals surface area contributed by atoms with E-state index in [-0.39, 0.29) is 30.4 Å². The predicted molar refractivity (Wildman–Crippen MR) is 73.9 cm³/mol. The second-order valence-corrected chi connectivity index (χ2v) is 6.04. The van der Waals surface area contributed by atoms with E-state index in [4.69, 9.17) is 5.11 Å². The minimum atomic E-state index is -0.869. The number of rotatable bonds is 6. The number of amides is 1. The first-order chi connectivity index (χ1) is 9.47. The second-order valence-electron chi connectivity index (χ2n) is 6.04. The van der Waals surface area contributed by atoms with E-state index in [2.05, 4.69) is 0 Å². The Bertz CT molecular complexity index is 418. The van der Waals surface area contributed by atoms with E-state index in [0.717, 1.165) is 6.42 Å². The van der Waals surface area contributed by atoms with Gasteiger partial charge in [0.05, 0.1) is 11.8 Å². The molecule has 4 atom stereocenters. The van der Waals surface area contributed by atoms with Crippen LogP contribution in [0, 0.1) is 23.7 Å². The molecule has 0 heterocycles. The van der Waals surface area contributed by atoms with Crippen molar-refractivity contribution in [2.45, 2.75) is 32.7 Å². The molecule has 0 aromatic heterocycles. The van der Waals surface area contributed by atoms with Crippen molar-refractivity contribution < 1.29 is 19.8 Å². The van der Waals surface area contributed by atoms with E-state index in [9.17, 15) is 14.7 Å². The fraction of sp³-hybridized carbons (Fsp3) is 0.733. The summed E-state index contributed by atoms with van der Waals surface area (Å²) in [5.41, 5.74) is 0. The van der Waals surface area contributed by atoms with Gasteiger partial charge in [0.1, 0.15) is 0 Å². The molecule has 0 radical (unpaired) electrons. The molecule has 2 unspecified atom stereocenters. The minimum absolute atomic E-state index is 0.00157. The number of carbonyl (C=O) groups is 2. The molecule has 2 rings (SSSR count). The molecule has 0 aromatic carbocycles. The van der Waals surface area contributed by atoms with Crippen LogP contribution in [0.2, 0.25) is 0 Å². The van der Waals surface area contributed by atoms with Crippen LogP contribution in [0.3, 0.4) is 0 Å². The third-order valence-corrected chi connectivity index (χ3v) is 4.49. The summed E-state index contributed by atoms with van der Waals surface area (Å²) in [6.07, 6.45) is 5.25. The van der Waals surface area contributed by atoms with Gasteiger partial charge in [-0.1, -0.05) is 12.2 Å². The van der Waals surface area contributed by atoms with E-state index in [0.29, 0.717) is 13.0 Å². The van der Waals surface area contributed by atoms with Crippen LogP contribution in [-0.2, 0) is 9.59 Å². The number of nitrogens with zero attached hydrogens (tertiary/aromatic N) is 1. The summed E-state index contributed by atoms with van der Waals surface area (Å²) in [6.45, 7) is 4.37. The molecule has 0 saturated heterocycles. The summed E-state index contributed by atoms with van der Waals surface area (Å²) < 4.78 is 0. The van der Waals surface area contributed by atoms with Crippen LogP contribution in [0.1, 0.15) is 26.7 Å². The summed E-state index contributed by atoms with van der Waals surface area (Å²) in [6, 6.07) is 0.0200. The summed E-state index contributed by atoms with van der Waals surface area (Å²) in [5.74, 6) is -1.91. The highest BCUT2D eigenvalue weighted by atomic mass is 16.4. The highest BCUT2D eigenvalue weighted by Gasteiger charge is 2.52. The van der Waals surface area contributed by atoms with Crippen molar-refractivity contribution in [3.63, 3.8) is 0 Å². The van der Waals surface area contributed by atoms with Crippen LogP contribution in [0.4, 0.5) is 0 Å². The lowest BCUT2D eigenvalue weighted by Crippen LogP contribution is -2.46. The summed E-state index contributed by atoms with van der Waals surface area (Å²) in [7, 11) is 0. The van der Waals surface area contributed by atoms with Crippen molar-refractivity contribution in [2.75, 3.05) is 13.2 Å². The van der Waals surface area contributed by atoms with Crippen molar-refractivity contribution in [2.24, 2.45) is 23.7 Å². The fourth-order valence-electron chi connectivity index (χ4n) is 3.55. The number of aliphatic carboxylic acids is 1. The smallest absolute Gasteiger partial charge is 0.307 e. The van der Waals surface area contributed by atoms with E-state index < -0.39 is 17.8 Å². The number of allylic oxidation sites excluding steroid dienone is 2. The minimum Gasteiger partial charge on any atom is -0.481 e. The Kier molecular flexibility index (Phi) is 4.48. The Hall–Kier alpha value is -1.36. The average molecular weight is 281 g/mol.